The molecule has 6 heteroatoms. The molecule has 0 radical (unpaired) electrons. The number of imidazole rings is 1. The lowest BCUT2D eigenvalue weighted by Gasteiger charge is -2.28. The van der Waals surface area contributed by atoms with Gasteiger partial charge in [-0.1, -0.05) is 93.0 Å². The molecule has 1 aromatic carbocycles. The lowest BCUT2D eigenvalue weighted by Crippen LogP contribution is -2.38. The molecule has 3 rings (SSSR count). The molecule has 212 valence electrons. The smallest absolute Gasteiger partial charge is 0.250 e. The Morgan fingerprint density at radius 1 is 1.08 bits per heavy atom. The normalized spacial score (nSPS) is 13.2. The van der Waals surface area contributed by atoms with Crippen molar-refractivity contribution in [3.05, 3.63) is 52.2 Å². The Morgan fingerprint density at radius 3 is 2.21 bits per heavy atom. The van der Waals surface area contributed by atoms with Crippen LogP contribution in [0.4, 0.5) is 11.6 Å². The molecule has 6 nitrogen and oxygen atoms in total. The third kappa shape index (κ3) is 9.16. The molecule has 1 aliphatic carbocycles. The van der Waals surface area contributed by atoms with Gasteiger partial charge in [0.15, 0.2) is 0 Å². The number of fused-ring (bicyclic) bond motifs is 1. The maximum atomic E-state index is 13.4. The Hall–Kier alpha value is -2.86. The summed E-state index contributed by atoms with van der Waals surface area (Å²) in [6.07, 6.45) is 7.75. The van der Waals surface area contributed by atoms with Crippen LogP contribution in [0.15, 0.2) is 35.9 Å². The predicted octanol–water partition coefficient (Wildman–Crippen LogP) is 5.48. The third-order valence-electron chi connectivity index (χ3n) is 6.51. The fourth-order valence-electron chi connectivity index (χ4n) is 4.19. The van der Waals surface area contributed by atoms with E-state index in [-0.39, 0.29) is 11.3 Å². The first-order valence-corrected chi connectivity index (χ1v) is 14.2. The second kappa shape index (κ2) is 15.5. The summed E-state index contributed by atoms with van der Waals surface area (Å²) in [6.45, 7) is 21.0. The van der Waals surface area contributed by atoms with Crippen molar-refractivity contribution < 1.29 is 4.79 Å². The van der Waals surface area contributed by atoms with Crippen molar-refractivity contribution in [1.82, 2.24) is 14.5 Å². The number of aromatic nitrogens is 2. The summed E-state index contributed by atoms with van der Waals surface area (Å²) in [6, 6.07) is 8.53. The first-order chi connectivity index (χ1) is 18.0. The number of nitrogens with two attached hydrogens (primary N) is 1. The van der Waals surface area contributed by atoms with Gasteiger partial charge in [-0.25, -0.2) is 4.98 Å². The zero-order chi connectivity index (χ0) is 29.0. The molecule has 0 saturated heterocycles. The summed E-state index contributed by atoms with van der Waals surface area (Å²) >= 11 is 0. The molecule has 1 amide bonds. The van der Waals surface area contributed by atoms with Crippen LogP contribution in [0.3, 0.4) is 0 Å². The summed E-state index contributed by atoms with van der Waals surface area (Å²) in [7, 11) is 3.52. The molecule has 1 aromatic heterocycles. The first kappa shape index (κ1) is 33.2. The molecular weight excluding hydrogens is 470 g/mol. The molecule has 1 atom stereocenters. The minimum Gasteiger partial charge on any atom is -0.338 e. The van der Waals surface area contributed by atoms with E-state index in [9.17, 15) is 4.79 Å². The number of hydrogen-bond donors (Lipinski definition) is 2. The van der Waals surface area contributed by atoms with Gasteiger partial charge in [0.25, 0.3) is 0 Å². The van der Waals surface area contributed by atoms with E-state index in [1.165, 1.54) is 12.6 Å². The second-order valence-corrected chi connectivity index (χ2v) is 11.1. The zero-order valence-electron chi connectivity index (χ0n) is 25.9. The number of nitrogens with one attached hydrogen (secondary N) is 1. The number of amides is 1. The van der Waals surface area contributed by atoms with Crippen molar-refractivity contribution in [3.63, 3.8) is 0 Å². The van der Waals surface area contributed by atoms with Gasteiger partial charge in [0.05, 0.1) is 10.7 Å². The highest BCUT2D eigenvalue weighted by Crippen LogP contribution is 2.24. The topological polar surface area (TPSA) is 76.2 Å². The van der Waals surface area contributed by atoms with Gasteiger partial charge in [-0.2, -0.15) is 0 Å². The summed E-state index contributed by atoms with van der Waals surface area (Å²) in [5, 5.41) is 5.36. The number of hydrogen-bond acceptors (Lipinski definition) is 4. The molecule has 0 fully saturated rings. The van der Waals surface area contributed by atoms with Gasteiger partial charge in [0.1, 0.15) is 0 Å². The van der Waals surface area contributed by atoms with Gasteiger partial charge in [0.2, 0.25) is 11.9 Å². The quantitative estimate of drug-likeness (QED) is 0.480. The van der Waals surface area contributed by atoms with E-state index in [1.807, 2.05) is 37.9 Å². The van der Waals surface area contributed by atoms with E-state index in [0.29, 0.717) is 18.3 Å². The second-order valence-electron chi connectivity index (χ2n) is 11.1. The van der Waals surface area contributed by atoms with E-state index in [1.54, 1.807) is 0 Å². The van der Waals surface area contributed by atoms with E-state index in [0.717, 1.165) is 47.4 Å². The Morgan fingerprint density at radius 2 is 1.68 bits per heavy atom. The number of benzene rings is 1. The van der Waals surface area contributed by atoms with E-state index >= 15 is 0 Å². The largest absolute Gasteiger partial charge is 0.338 e. The number of rotatable bonds is 8. The van der Waals surface area contributed by atoms with Crippen LogP contribution in [0.5, 0.6) is 0 Å². The Bertz CT molecular complexity index is 1150. The van der Waals surface area contributed by atoms with Crippen LogP contribution in [0.2, 0.25) is 0 Å². The predicted molar refractivity (Wildman–Crippen MR) is 165 cm³/mol. The monoisotopic (exact) mass is 523 g/mol. The summed E-state index contributed by atoms with van der Waals surface area (Å²) < 4.78 is 2.07. The Kier molecular flexibility index (Phi) is 13.6. The van der Waals surface area contributed by atoms with Gasteiger partial charge in [-0.15, -0.1) is 0 Å². The van der Waals surface area contributed by atoms with Crippen LogP contribution in [0, 0.1) is 11.8 Å². The molecule has 0 saturated carbocycles. The van der Waals surface area contributed by atoms with Crippen molar-refractivity contribution in [2.24, 2.45) is 24.6 Å². The van der Waals surface area contributed by atoms with Crippen molar-refractivity contribution in [2.45, 2.75) is 80.6 Å². The summed E-state index contributed by atoms with van der Waals surface area (Å²) in [5.74, 6) is 1.87. The maximum Gasteiger partial charge on any atom is 0.250 e. The highest BCUT2D eigenvalue weighted by molar-refractivity contribution is 5.95. The average molecular weight is 524 g/mol. The number of carbonyl (C=O) groups excluding carboxylic acids is 1. The van der Waals surface area contributed by atoms with Crippen LogP contribution in [-0.4, -0.2) is 40.5 Å². The minimum absolute atomic E-state index is 0.129. The van der Waals surface area contributed by atoms with E-state index < -0.39 is 0 Å². The molecule has 38 heavy (non-hydrogen) atoms. The van der Waals surface area contributed by atoms with Crippen molar-refractivity contribution >= 4 is 29.7 Å². The highest BCUT2D eigenvalue weighted by Gasteiger charge is 2.21. The number of allylic oxidation sites excluding steroid dienone is 1. The minimum atomic E-state index is 0.129. The molecule has 1 heterocycles. The molecule has 0 bridgehead atoms. The van der Waals surface area contributed by atoms with Gasteiger partial charge in [0, 0.05) is 31.4 Å². The maximum absolute atomic E-state index is 13.4. The number of anilines is 2. The number of carbonyl (C=O) groups is 1. The van der Waals surface area contributed by atoms with E-state index in [2.05, 4.69) is 94.4 Å². The summed E-state index contributed by atoms with van der Waals surface area (Å²) in [5.41, 5.74) is 7.77. The van der Waals surface area contributed by atoms with Gasteiger partial charge in [-0.3, -0.25) is 4.79 Å². The van der Waals surface area contributed by atoms with Gasteiger partial charge < -0.3 is 20.5 Å². The Balaban J connectivity index is 0.00000172. The third-order valence-corrected chi connectivity index (χ3v) is 6.51. The fraction of sp³-hybridized carbons (Fsp3) is 0.562. The van der Waals surface area contributed by atoms with Crippen molar-refractivity contribution in [2.75, 3.05) is 25.5 Å². The standard InChI is InChI=1S/C29H42N4O.C2H6.CH5N/c1-9-21(4)19-33(18-20(2)3)27(34)22-10-16-25-26(17-11-22)32(8)28(31-25)30-24-14-12-23(13-15-24)29(5,6)7;2*1-2/h10,12-17,20-21H,9,11,18-19H2,1-8H3,(H,30,31);1-2H3;2H2,1H3. The molecule has 3 N–H and O–H groups in total. The lowest BCUT2D eigenvalue weighted by atomic mass is 9.87. The molecular formula is C32H53N5O. The van der Waals surface area contributed by atoms with Crippen LogP contribution in [0.25, 0.3) is 12.2 Å². The van der Waals surface area contributed by atoms with E-state index in [4.69, 9.17) is 4.98 Å². The van der Waals surface area contributed by atoms with Crippen LogP contribution >= 0.6 is 0 Å². The van der Waals surface area contributed by atoms with Crippen LogP contribution in [-0.2, 0) is 17.3 Å². The summed E-state index contributed by atoms with van der Waals surface area (Å²) in [4.78, 5) is 20.2. The SMILES string of the molecule is CC.CCC(C)CN(CC(C)C)C(=O)C1=CC=c2nc(Nc3ccc(C(C)(C)C)cc3)n(C)c2=CC1.CN. The zero-order valence-corrected chi connectivity index (χ0v) is 25.9. The molecule has 0 aliphatic heterocycles. The lowest BCUT2D eigenvalue weighted by molar-refractivity contribution is -0.128. The molecule has 1 unspecified atom stereocenters. The average Bonchev–Trinajstić information content (AvgIpc) is 3.05. The highest BCUT2D eigenvalue weighted by atomic mass is 16.2. The molecule has 2 aromatic rings. The van der Waals surface area contributed by atoms with Gasteiger partial charge in [-0.05, 0) is 54.5 Å². The van der Waals surface area contributed by atoms with Crippen LogP contribution in [0.1, 0.15) is 80.7 Å². The fourth-order valence-corrected chi connectivity index (χ4v) is 4.19. The first-order valence-electron chi connectivity index (χ1n) is 14.2. The number of nitrogens with zero attached hydrogens (tertiary/aromatic N) is 3. The van der Waals surface area contributed by atoms with Crippen molar-refractivity contribution in [1.29, 1.82) is 0 Å². The van der Waals surface area contributed by atoms with Crippen molar-refractivity contribution in [3.8, 4) is 0 Å². The molecule has 0 spiro atoms. The van der Waals surface area contributed by atoms with Crippen LogP contribution < -0.4 is 21.7 Å². The Labute approximate surface area is 231 Å². The van der Waals surface area contributed by atoms with Gasteiger partial charge >= 0.3 is 0 Å². The molecule has 1 aliphatic rings.